The molecule has 4 rings (SSSR count). The maximum Gasteiger partial charge on any atom is 0.244 e. The fourth-order valence-electron chi connectivity index (χ4n) is 3.10. The van der Waals surface area contributed by atoms with E-state index in [2.05, 4.69) is 10.1 Å². The van der Waals surface area contributed by atoms with Crippen LogP contribution in [0.1, 0.15) is 22.4 Å². The Labute approximate surface area is 190 Å². The van der Waals surface area contributed by atoms with E-state index < -0.39 is 29.4 Å². The third-order valence-electron chi connectivity index (χ3n) is 4.84. The number of nitrogens with two attached hydrogens (primary N) is 2. The Morgan fingerprint density at radius 1 is 1.12 bits per heavy atom. The molecule has 0 fully saturated rings. The van der Waals surface area contributed by atoms with Crippen LogP contribution in [-0.2, 0) is 4.79 Å². The van der Waals surface area contributed by atoms with Crippen LogP contribution in [0.3, 0.4) is 0 Å². The van der Waals surface area contributed by atoms with Crippen LogP contribution < -0.4 is 16.4 Å². The zero-order valence-corrected chi connectivity index (χ0v) is 18.0. The standard InChI is InChI=1S/C22H17F2N5O3S/c1-11(21(26)31)29(13-8-6-12(23)7-9-13)22-27-20(25)19(33-22)18(30)17-10-16(28-32-17)14-4-2-3-5-15(14)24/h2-11H,25H2,1H3,(H2,26,31). The highest BCUT2D eigenvalue weighted by Crippen LogP contribution is 2.36. The number of thiazole rings is 1. The molecule has 1 amide bonds. The van der Waals surface area contributed by atoms with Crippen LogP contribution in [0.4, 0.5) is 25.4 Å². The zero-order chi connectivity index (χ0) is 23.7. The van der Waals surface area contributed by atoms with Crippen molar-refractivity contribution in [2.24, 2.45) is 5.73 Å². The van der Waals surface area contributed by atoms with Gasteiger partial charge in [0.1, 0.15) is 34.1 Å². The summed E-state index contributed by atoms with van der Waals surface area (Å²) in [6.45, 7) is 1.54. The minimum atomic E-state index is -0.873. The molecule has 0 aliphatic carbocycles. The maximum atomic E-state index is 14.0. The molecule has 2 aromatic carbocycles. The van der Waals surface area contributed by atoms with E-state index in [1.165, 1.54) is 53.4 Å². The number of hydrogen-bond acceptors (Lipinski definition) is 8. The van der Waals surface area contributed by atoms with Gasteiger partial charge in [0.2, 0.25) is 17.5 Å². The molecular weight excluding hydrogens is 452 g/mol. The van der Waals surface area contributed by atoms with Crippen molar-refractivity contribution in [3.63, 3.8) is 0 Å². The third kappa shape index (κ3) is 4.30. The average Bonchev–Trinajstić information content (AvgIpc) is 3.42. The number of primary amides is 1. The molecule has 0 aliphatic rings. The molecule has 11 heteroatoms. The van der Waals surface area contributed by atoms with Gasteiger partial charge in [-0.05, 0) is 43.3 Å². The van der Waals surface area contributed by atoms with Gasteiger partial charge in [-0.25, -0.2) is 13.8 Å². The molecule has 4 N–H and O–H groups in total. The molecule has 2 aromatic heterocycles. The summed E-state index contributed by atoms with van der Waals surface area (Å²) in [4.78, 5) is 30.6. The SMILES string of the molecule is CC(C(N)=O)N(c1ccc(F)cc1)c1nc(N)c(C(=O)c2cc(-c3ccccc3F)no2)s1. The Hall–Kier alpha value is -4.12. The van der Waals surface area contributed by atoms with Gasteiger partial charge in [-0.1, -0.05) is 28.6 Å². The number of amides is 1. The summed E-state index contributed by atoms with van der Waals surface area (Å²) < 4.78 is 32.6. The van der Waals surface area contributed by atoms with E-state index in [1.54, 1.807) is 13.0 Å². The maximum absolute atomic E-state index is 14.0. The predicted octanol–water partition coefficient (Wildman–Crippen LogP) is 3.90. The van der Waals surface area contributed by atoms with E-state index >= 15 is 0 Å². The lowest BCUT2D eigenvalue weighted by molar-refractivity contribution is -0.118. The Morgan fingerprint density at radius 3 is 2.48 bits per heavy atom. The number of halogens is 2. The van der Waals surface area contributed by atoms with Crippen molar-refractivity contribution in [3.05, 3.63) is 76.9 Å². The first-order valence-electron chi connectivity index (χ1n) is 9.63. The molecule has 1 unspecified atom stereocenters. The lowest BCUT2D eigenvalue weighted by atomic mass is 10.1. The number of nitrogen functional groups attached to an aromatic ring is 1. The van der Waals surface area contributed by atoms with Gasteiger partial charge in [0.15, 0.2) is 5.13 Å². The molecule has 2 heterocycles. The zero-order valence-electron chi connectivity index (χ0n) is 17.2. The van der Waals surface area contributed by atoms with Crippen LogP contribution in [0.15, 0.2) is 59.1 Å². The second kappa shape index (κ2) is 8.79. The number of carbonyl (C=O) groups is 2. The molecule has 33 heavy (non-hydrogen) atoms. The van der Waals surface area contributed by atoms with Gasteiger partial charge in [-0.15, -0.1) is 0 Å². The first kappa shape index (κ1) is 22.1. The molecule has 0 radical (unpaired) electrons. The number of carbonyl (C=O) groups excluding carboxylic acids is 2. The number of aromatic nitrogens is 2. The number of anilines is 3. The molecule has 1 atom stereocenters. The topological polar surface area (TPSA) is 128 Å². The van der Waals surface area contributed by atoms with Crippen molar-refractivity contribution >= 4 is 39.7 Å². The second-order valence-corrected chi connectivity index (χ2v) is 8.00. The van der Waals surface area contributed by atoms with Gasteiger partial charge in [0.05, 0.1) is 0 Å². The van der Waals surface area contributed by atoms with E-state index in [4.69, 9.17) is 16.0 Å². The van der Waals surface area contributed by atoms with Crippen LogP contribution >= 0.6 is 11.3 Å². The number of benzene rings is 2. The number of nitrogens with zero attached hydrogens (tertiary/aromatic N) is 3. The largest absolute Gasteiger partial charge is 0.382 e. The summed E-state index contributed by atoms with van der Waals surface area (Å²) in [7, 11) is 0. The van der Waals surface area contributed by atoms with Gasteiger partial charge in [0, 0.05) is 17.3 Å². The summed E-state index contributed by atoms with van der Waals surface area (Å²) >= 11 is 0.900. The van der Waals surface area contributed by atoms with E-state index in [1.807, 2.05) is 0 Å². The summed E-state index contributed by atoms with van der Waals surface area (Å²) in [5.41, 5.74) is 12.2. The summed E-state index contributed by atoms with van der Waals surface area (Å²) in [5.74, 6) is -2.52. The van der Waals surface area contributed by atoms with Gasteiger partial charge in [0.25, 0.3) is 0 Å². The quantitative estimate of drug-likeness (QED) is 0.393. The van der Waals surface area contributed by atoms with Crippen LogP contribution in [0.2, 0.25) is 0 Å². The van der Waals surface area contributed by atoms with Crippen LogP contribution in [0.25, 0.3) is 11.3 Å². The van der Waals surface area contributed by atoms with Gasteiger partial charge < -0.3 is 20.9 Å². The first-order valence-corrected chi connectivity index (χ1v) is 10.4. The van der Waals surface area contributed by atoms with Crippen molar-refractivity contribution in [2.75, 3.05) is 10.6 Å². The normalized spacial score (nSPS) is 11.8. The first-order chi connectivity index (χ1) is 15.8. The molecule has 0 spiro atoms. The van der Waals surface area contributed by atoms with Crippen molar-refractivity contribution in [1.82, 2.24) is 10.1 Å². The molecular formula is C22H17F2N5O3S. The summed E-state index contributed by atoms with van der Waals surface area (Å²) in [5, 5.41) is 3.97. The lowest BCUT2D eigenvalue weighted by Crippen LogP contribution is -2.39. The Kier molecular flexibility index (Phi) is 5.88. The molecule has 0 saturated carbocycles. The summed E-state index contributed by atoms with van der Waals surface area (Å²) in [6.07, 6.45) is 0. The Morgan fingerprint density at radius 2 is 1.82 bits per heavy atom. The highest BCUT2D eigenvalue weighted by molar-refractivity contribution is 7.18. The van der Waals surface area contributed by atoms with E-state index in [0.29, 0.717) is 5.69 Å². The number of hydrogen-bond donors (Lipinski definition) is 2. The van der Waals surface area contributed by atoms with E-state index in [0.717, 1.165) is 11.3 Å². The second-order valence-electron chi connectivity index (χ2n) is 7.02. The van der Waals surface area contributed by atoms with Gasteiger partial charge >= 0.3 is 0 Å². The van der Waals surface area contributed by atoms with Crippen LogP contribution in [0.5, 0.6) is 0 Å². The molecule has 168 valence electrons. The molecule has 0 bridgehead atoms. The van der Waals surface area contributed by atoms with Crippen LogP contribution in [-0.4, -0.2) is 27.9 Å². The number of rotatable bonds is 7. The minimum Gasteiger partial charge on any atom is -0.382 e. The van der Waals surface area contributed by atoms with Gasteiger partial charge in [-0.3, -0.25) is 9.59 Å². The molecule has 0 saturated heterocycles. The van der Waals surface area contributed by atoms with E-state index in [9.17, 15) is 18.4 Å². The van der Waals surface area contributed by atoms with E-state index in [-0.39, 0.29) is 32.8 Å². The van der Waals surface area contributed by atoms with Crippen molar-refractivity contribution in [1.29, 1.82) is 0 Å². The third-order valence-corrected chi connectivity index (χ3v) is 5.91. The predicted molar refractivity (Wildman–Crippen MR) is 119 cm³/mol. The Balaban J connectivity index is 1.70. The average molecular weight is 469 g/mol. The molecule has 0 aliphatic heterocycles. The minimum absolute atomic E-state index is 0.0324. The van der Waals surface area contributed by atoms with Gasteiger partial charge in [-0.2, -0.15) is 0 Å². The van der Waals surface area contributed by atoms with Crippen molar-refractivity contribution in [3.8, 4) is 11.3 Å². The molecule has 4 aromatic rings. The monoisotopic (exact) mass is 469 g/mol. The number of ketones is 1. The lowest BCUT2D eigenvalue weighted by Gasteiger charge is -2.26. The fourth-order valence-corrected chi connectivity index (χ4v) is 4.14. The highest BCUT2D eigenvalue weighted by atomic mass is 32.1. The highest BCUT2D eigenvalue weighted by Gasteiger charge is 2.29. The van der Waals surface area contributed by atoms with Crippen LogP contribution in [0, 0.1) is 11.6 Å². The fraction of sp³-hybridized carbons (Fsp3) is 0.0909. The van der Waals surface area contributed by atoms with Crippen molar-refractivity contribution < 1.29 is 22.9 Å². The summed E-state index contributed by atoms with van der Waals surface area (Å²) in [6, 6.07) is 11.7. The Bertz CT molecular complexity index is 1340. The van der Waals surface area contributed by atoms with Crippen molar-refractivity contribution in [2.45, 2.75) is 13.0 Å². The smallest absolute Gasteiger partial charge is 0.244 e. The molecule has 8 nitrogen and oxygen atoms in total.